The van der Waals surface area contributed by atoms with Crippen LogP contribution in [0.25, 0.3) is 0 Å². The number of benzene rings is 2. The number of piperazine rings is 1. The maximum absolute atomic E-state index is 12.3. The number of rotatable bonds is 7. The molecular formula is C21H23Cl2N5O4. The average molecular weight is 480 g/mol. The molecule has 2 amide bonds. The number of hydrogen-bond donors (Lipinski definition) is 2. The minimum Gasteiger partial charge on any atom is -0.363 e. The maximum atomic E-state index is 12.3. The van der Waals surface area contributed by atoms with Crippen LogP contribution in [0.4, 0.5) is 17.1 Å². The zero-order chi connectivity index (χ0) is 23.3. The van der Waals surface area contributed by atoms with Crippen LogP contribution in [-0.4, -0.2) is 60.9 Å². The van der Waals surface area contributed by atoms with E-state index in [9.17, 15) is 19.7 Å². The van der Waals surface area contributed by atoms with Crippen molar-refractivity contribution in [1.29, 1.82) is 0 Å². The first kappa shape index (κ1) is 23.8. The van der Waals surface area contributed by atoms with Crippen molar-refractivity contribution < 1.29 is 14.5 Å². The molecule has 0 aliphatic carbocycles. The van der Waals surface area contributed by atoms with Crippen LogP contribution in [0.5, 0.6) is 0 Å². The van der Waals surface area contributed by atoms with Gasteiger partial charge in [-0.25, -0.2) is 0 Å². The van der Waals surface area contributed by atoms with Gasteiger partial charge in [0.25, 0.3) is 5.69 Å². The Bertz CT molecular complexity index is 1030. The number of hydrogen-bond acceptors (Lipinski definition) is 6. The lowest BCUT2D eigenvalue weighted by Crippen LogP contribution is -2.50. The molecular weight excluding hydrogens is 457 g/mol. The molecule has 0 unspecified atom stereocenters. The smallest absolute Gasteiger partial charge is 0.294 e. The van der Waals surface area contributed by atoms with Gasteiger partial charge in [-0.1, -0.05) is 29.3 Å². The molecule has 3 rings (SSSR count). The van der Waals surface area contributed by atoms with E-state index in [2.05, 4.69) is 10.6 Å². The SMILES string of the molecule is Cc1c(Cl)cccc1NC(=O)CNC(=O)CN1CCN(c2ccc(Cl)cc2[N+](=O)[O-])CC1. The van der Waals surface area contributed by atoms with E-state index in [0.29, 0.717) is 47.6 Å². The Morgan fingerprint density at radius 1 is 1.09 bits per heavy atom. The Labute approximate surface area is 195 Å². The summed E-state index contributed by atoms with van der Waals surface area (Å²) in [6, 6.07) is 9.82. The molecule has 2 N–H and O–H groups in total. The lowest BCUT2D eigenvalue weighted by molar-refractivity contribution is -0.384. The molecule has 32 heavy (non-hydrogen) atoms. The highest BCUT2D eigenvalue weighted by Gasteiger charge is 2.25. The zero-order valence-electron chi connectivity index (χ0n) is 17.4. The first-order chi connectivity index (χ1) is 15.2. The van der Waals surface area contributed by atoms with Gasteiger partial charge in [-0.2, -0.15) is 0 Å². The Morgan fingerprint density at radius 2 is 1.81 bits per heavy atom. The topological polar surface area (TPSA) is 108 Å². The van der Waals surface area contributed by atoms with Crippen LogP contribution in [0.15, 0.2) is 36.4 Å². The molecule has 0 aromatic heterocycles. The number of nitrogens with one attached hydrogen (secondary N) is 2. The first-order valence-electron chi connectivity index (χ1n) is 9.97. The molecule has 2 aromatic rings. The van der Waals surface area contributed by atoms with Gasteiger partial charge < -0.3 is 15.5 Å². The monoisotopic (exact) mass is 479 g/mol. The van der Waals surface area contributed by atoms with Crippen LogP contribution in [0.2, 0.25) is 10.0 Å². The summed E-state index contributed by atoms with van der Waals surface area (Å²) in [6.07, 6.45) is 0. The van der Waals surface area contributed by atoms with E-state index in [1.165, 1.54) is 6.07 Å². The number of amides is 2. The van der Waals surface area contributed by atoms with Gasteiger partial charge in [0.15, 0.2) is 0 Å². The molecule has 0 radical (unpaired) electrons. The second kappa shape index (κ2) is 10.6. The zero-order valence-corrected chi connectivity index (χ0v) is 18.9. The molecule has 11 heteroatoms. The molecule has 1 heterocycles. The summed E-state index contributed by atoms with van der Waals surface area (Å²) in [5, 5.41) is 17.5. The van der Waals surface area contributed by atoms with Gasteiger partial charge >= 0.3 is 0 Å². The lowest BCUT2D eigenvalue weighted by atomic mass is 10.2. The fourth-order valence-corrected chi connectivity index (χ4v) is 3.77. The molecule has 1 aliphatic rings. The number of nitrogens with zero attached hydrogens (tertiary/aromatic N) is 3. The molecule has 1 fully saturated rings. The summed E-state index contributed by atoms with van der Waals surface area (Å²) in [5.74, 6) is -0.613. The van der Waals surface area contributed by atoms with Crippen LogP contribution >= 0.6 is 23.2 Å². The lowest BCUT2D eigenvalue weighted by Gasteiger charge is -2.35. The number of halogens is 2. The minimum absolute atomic E-state index is 0.0374. The molecule has 170 valence electrons. The van der Waals surface area contributed by atoms with Crippen LogP contribution in [0.3, 0.4) is 0 Å². The van der Waals surface area contributed by atoms with Crippen LogP contribution in [0, 0.1) is 17.0 Å². The van der Waals surface area contributed by atoms with E-state index in [1.807, 2.05) is 9.80 Å². The van der Waals surface area contributed by atoms with E-state index in [1.54, 1.807) is 37.3 Å². The van der Waals surface area contributed by atoms with Gasteiger partial charge in [0, 0.05) is 48.0 Å². The molecule has 2 aromatic carbocycles. The largest absolute Gasteiger partial charge is 0.363 e. The van der Waals surface area contributed by atoms with Gasteiger partial charge in [-0.05, 0) is 36.8 Å². The van der Waals surface area contributed by atoms with E-state index in [0.717, 1.165) is 5.56 Å². The number of carbonyl (C=O) groups is 2. The molecule has 0 atom stereocenters. The fraction of sp³-hybridized carbons (Fsp3) is 0.333. The van der Waals surface area contributed by atoms with Gasteiger partial charge in [-0.3, -0.25) is 24.6 Å². The first-order valence-corrected chi connectivity index (χ1v) is 10.7. The van der Waals surface area contributed by atoms with Crippen molar-refractivity contribution in [2.24, 2.45) is 0 Å². The van der Waals surface area contributed by atoms with Crippen molar-refractivity contribution >= 4 is 52.1 Å². The summed E-state index contributed by atoms with van der Waals surface area (Å²) < 4.78 is 0. The third kappa shape index (κ3) is 6.09. The Morgan fingerprint density at radius 3 is 2.50 bits per heavy atom. The number of anilines is 2. The highest BCUT2D eigenvalue weighted by molar-refractivity contribution is 6.31. The molecule has 1 saturated heterocycles. The van der Waals surface area contributed by atoms with Gasteiger partial charge in [-0.15, -0.1) is 0 Å². The van der Waals surface area contributed by atoms with Crippen molar-refractivity contribution in [2.45, 2.75) is 6.92 Å². The average Bonchev–Trinajstić information content (AvgIpc) is 2.76. The number of nitro groups is 1. The Kier molecular flexibility index (Phi) is 7.89. The van der Waals surface area contributed by atoms with Gasteiger partial charge in [0.2, 0.25) is 11.8 Å². The standard InChI is InChI=1S/C21H23Cl2N5O4/c1-14-16(23)3-2-4-17(14)25-20(29)12-24-21(30)13-26-7-9-27(10-8-26)18-6-5-15(22)11-19(18)28(31)32/h2-6,11H,7-10,12-13H2,1H3,(H,24,30)(H,25,29). The Balaban J connectivity index is 1.45. The van der Waals surface area contributed by atoms with E-state index in [-0.39, 0.29) is 30.6 Å². The second-order valence-electron chi connectivity index (χ2n) is 7.39. The van der Waals surface area contributed by atoms with Crippen molar-refractivity contribution in [3.8, 4) is 0 Å². The Hall–Kier alpha value is -2.88. The van der Waals surface area contributed by atoms with Crippen LogP contribution < -0.4 is 15.5 Å². The van der Waals surface area contributed by atoms with Crippen LogP contribution in [0.1, 0.15) is 5.56 Å². The summed E-state index contributed by atoms with van der Waals surface area (Å²) in [6.45, 7) is 3.97. The minimum atomic E-state index is -0.447. The highest BCUT2D eigenvalue weighted by atomic mass is 35.5. The molecule has 0 saturated carbocycles. The predicted molar refractivity (Wildman–Crippen MR) is 125 cm³/mol. The molecule has 0 spiro atoms. The number of nitro benzene ring substituents is 1. The summed E-state index contributed by atoms with van der Waals surface area (Å²) in [4.78, 5) is 39.1. The third-order valence-corrected chi connectivity index (χ3v) is 5.85. The second-order valence-corrected chi connectivity index (χ2v) is 8.23. The van der Waals surface area contributed by atoms with Crippen molar-refractivity contribution in [3.05, 3.63) is 62.1 Å². The fourth-order valence-electron chi connectivity index (χ4n) is 3.43. The van der Waals surface area contributed by atoms with Crippen LogP contribution in [-0.2, 0) is 9.59 Å². The van der Waals surface area contributed by atoms with E-state index in [4.69, 9.17) is 23.2 Å². The quantitative estimate of drug-likeness (QED) is 0.466. The van der Waals surface area contributed by atoms with Gasteiger partial charge in [0.1, 0.15) is 5.69 Å². The third-order valence-electron chi connectivity index (χ3n) is 5.20. The molecule has 1 aliphatic heterocycles. The van der Waals surface area contributed by atoms with Gasteiger partial charge in [0.05, 0.1) is 18.0 Å². The van der Waals surface area contributed by atoms with Crippen molar-refractivity contribution in [3.63, 3.8) is 0 Å². The van der Waals surface area contributed by atoms with E-state index < -0.39 is 4.92 Å². The maximum Gasteiger partial charge on any atom is 0.294 e. The van der Waals surface area contributed by atoms with E-state index >= 15 is 0 Å². The summed E-state index contributed by atoms with van der Waals surface area (Å²) in [5.41, 5.74) is 1.83. The molecule has 0 bridgehead atoms. The predicted octanol–water partition coefficient (Wildman–Crippen LogP) is 3.09. The normalized spacial score (nSPS) is 14.2. The van der Waals surface area contributed by atoms with Crippen molar-refractivity contribution in [1.82, 2.24) is 10.2 Å². The number of carbonyl (C=O) groups excluding carboxylic acids is 2. The summed E-state index contributed by atoms with van der Waals surface area (Å²) >= 11 is 11.9. The summed E-state index contributed by atoms with van der Waals surface area (Å²) in [7, 11) is 0. The molecule has 9 nitrogen and oxygen atoms in total. The highest BCUT2D eigenvalue weighted by Crippen LogP contribution is 2.31. The van der Waals surface area contributed by atoms with Crippen molar-refractivity contribution in [2.75, 3.05) is 49.5 Å².